The summed E-state index contributed by atoms with van der Waals surface area (Å²) in [7, 11) is 0. The van der Waals surface area contributed by atoms with Gasteiger partial charge in [-0.15, -0.1) is 0 Å². The van der Waals surface area contributed by atoms with Crippen LogP contribution in [0, 0.1) is 16.7 Å². The minimum absolute atomic E-state index is 0.397. The highest BCUT2D eigenvalue weighted by Crippen LogP contribution is 2.40. The first-order valence-electron chi connectivity index (χ1n) is 5.04. The van der Waals surface area contributed by atoms with Crippen molar-refractivity contribution >= 4 is 0 Å². The van der Waals surface area contributed by atoms with Crippen molar-refractivity contribution in [2.45, 2.75) is 47.5 Å². The summed E-state index contributed by atoms with van der Waals surface area (Å²) >= 11 is 0. The second-order valence-electron chi connectivity index (χ2n) is 5.58. The fraction of sp³-hybridized carbons (Fsp3) is 0.833. The molecule has 0 amide bonds. The van der Waals surface area contributed by atoms with Gasteiger partial charge in [-0.1, -0.05) is 46.8 Å². The van der Waals surface area contributed by atoms with Crippen LogP contribution in [-0.2, 0) is 0 Å². The summed E-state index contributed by atoms with van der Waals surface area (Å²) < 4.78 is 0. The van der Waals surface area contributed by atoms with Crippen molar-refractivity contribution in [1.82, 2.24) is 0 Å². The van der Waals surface area contributed by atoms with Crippen molar-refractivity contribution in [2.75, 3.05) is 0 Å². The molecule has 70 valence electrons. The lowest BCUT2D eigenvalue weighted by molar-refractivity contribution is 0.275. The van der Waals surface area contributed by atoms with Crippen LogP contribution in [0.2, 0.25) is 0 Å². The van der Waals surface area contributed by atoms with E-state index in [2.05, 4.69) is 46.8 Å². The molecule has 0 aromatic carbocycles. The molecule has 0 aromatic heterocycles. The van der Waals surface area contributed by atoms with E-state index in [1.807, 2.05) is 0 Å². The third-order valence-corrected chi connectivity index (χ3v) is 3.46. The maximum absolute atomic E-state index is 2.41. The highest BCUT2D eigenvalue weighted by Gasteiger charge is 2.28. The molecule has 0 fully saturated rings. The summed E-state index contributed by atoms with van der Waals surface area (Å²) in [4.78, 5) is 0. The lowest BCUT2D eigenvalue weighted by atomic mass is 9.78. The van der Waals surface area contributed by atoms with E-state index in [9.17, 15) is 0 Å². The van der Waals surface area contributed by atoms with Crippen molar-refractivity contribution < 1.29 is 0 Å². The Kier molecular flexibility index (Phi) is 2.38. The lowest BCUT2D eigenvalue weighted by Crippen LogP contribution is -2.17. The third-order valence-electron chi connectivity index (χ3n) is 3.46. The molecule has 12 heavy (non-hydrogen) atoms. The van der Waals surface area contributed by atoms with E-state index in [0.29, 0.717) is 10.8 Å². The Morgan fingerprint density at radius 2 is 1.67 bits per heavy atom. The van der Waals surface area contributed by atoms with Crippen LogP contribution in [0.4, 0.5) is 0 Å². The SMILES string of the molecule is CC1CCC(C)(C)C=CC1(C)C. The molecular weight excluding hydrogens is 144 g/mol. The molecule has 1 aliphatic carbocycles. The molecule has 1 unspecified atom stereocenters. The van der Waals surface area contributed by atoms with Gasteiger partial charge in [-0.3, -0.25) is 0 Å². The molecular formula is C12H22. The molecule has 0 saturated carbocycles. The molecule has 1 rings (SSSR count). The average molecular weight is 166 g/mol. The highest BCUT2D eigenvalue weighted by molar-refractivity contribution is 5.06. The van der Waals surface area contributed by atoms with E-state index in [4.69, 9.17) is 0 Å². The number of hydrogen-bond acceptors (Lipinski definition) is 0. The van der Waals surface area contributed by atoms with Crippen LogP contribution in [0.5, 0.6) is 0 Å². The molecule has 1 atom stereocenters. The molecule has 1 aliphatic rings. The van der Waals surface area contributed by atoms with Gasteiger partial charge < -0.3 is 0 Å². The van der Waals surface area contributed by atoms with Gasteiger partial charge in [0.1, 0.15) is 0 Å². The van der Waals surface area contributed by atoms with Crippen LogP contribution in [0.25, 0.3) is 0 Å². The molecule has 0 radical (unpaired) electrons. The Labute approximate surface area is 77.1 Å². The average Bonchev–Trinajstić information content (AvgIpc) is 2.03. The molecule has 0 heteroatoms. The molecule has 0 saturated heterocycles. The summed E-state index contributed by atoms with van der Waals surface area (Å²) in [5.41, 5.74) is 0.815. The maximum Gasteiger partial charge on any atom is -0.0149 e. The number of allylic oxidation sites excluding steroid dienone is 2. The van der Waals surface area contributed by atoms with Gasteiger partial charge in [-0.2, -0.15) is 0 Å². The fourth-order valence-corrected chi connectivity index (χ4v) is 1.65. The number of hydrogen-bond donors (Lipinski definition) is 0. The molecule has 0 N–H and O–H groups in total. The summed E-state index contributed by atoms with van der Waals surface area (Å²) in [6.07, 6.45) is 7.49. The van der Waals surface area contributed by atoms with Gasteiger partial charge in [0.15, 0.2) is 0 Å². The number of rotatable bonds is 0. The second-order valence-corrected chi connectivity index (χ2v) is 5.58. The van der Waals surface area contributed by atoms with E-state index in [1.165, 1.54) is 12.8 Å². The Balaban J connectivity index is 2.83. The quantitative estimate of drug-likeness (QED) is 0.477. The summed E-state index contributed by atoms with van der Waals surface area (Å²) in [5.74, 6) is 0.815. The predicted octanol–water partition coefficient (Wildman–Crippen LogP) is 4.02. The first kappa shape index (κ1) is 9.83. The van der Waals surface area contributed by atoms with Crippen LogP contribution >= 0.6 is 0 Å². The van der Waals surface area contributed by atoms with Crippen molar-refractivity contribution in [3.8, 4) is 0 Å². The summed E-state index contributed by atoms with van der Waals surface area (Å²) in [6.45, 7) is 11.7. The van der Waals surface area contributed by atoms with Crippen molar-refractivity contribution in [3.63, 3.8) is 0 Å². The largest absolute Gasteiger partial charge is 0.0823 e. The molecule has 0 aliphatic heterocycles. The topological polar surface area (TPSA) is 0 Å². The van der Waals surface area contributed by atoms with Gasteiger partial charge in [0.05, 0.1) is 0 Å². The normalized spacial score (nSPS) is 32.9. The van der Waals surface area contributed by atoms with Crippen LogP contribution in [-0.4, -0.2) is 0 Å². The van der Waals surface area contributed by atoms with Gasteiger partial charge in [-0.25, -0.2) is 0 Å². The molecule has 0 bridgehead atoms. The van der Waals surface area contributed by atoms with E-state index >= 15 is 0 Å². The van der Waals surface area contributed by atoms with Gasteiger partial charge in [0, 0.05) is 0 Å². The first-order valence-corrected chi connectivity index (χ1v) is 5.04. The smallest absolute Gasteiger partial charge is 0.0149 e. The molecule has 0 spiro atoms. The maximum atomic E-state index is 2.41. The van der Waals surface area contributed by atoms with Crippen LogP contribution in [0.3, 0.4) is 0 Å². The van der Waals surface area contributed by atoms with Crippen molar-refractivity contribution in [3.05, 3.63) is 12.2 Å². The third kappa shape index (κ3) is 2.12. The molecule has 0 nitrogen and oxygen atoms in total. The van der Waals surface area contributed by atoms with Gasteiger partial charge >= 0.3 is 0 Å². The predicted molar refractivity (Wildman–Crippen MR) is 55.1 cm³/mol. The monoisotopic (exact) mass is 166 g/mol. The van der Waals surface area contributed by atoms with Crippen LogP contribution in [0.15, 0.2) is 12.2 Å². The molecule has 0 heterocycles. The Hall–Kier alpha value is -0.260. The zero-order valence-corrected chi connectivity index (χ0v) is 9.15. The fourth-order valence-electron chi connectivity index (χ4n) is 1.65. The van der Waals surface area contributed by atoms with E-state index in [-0.39, 0.29) is 0 Å². The minimum Gasteiger partial charge on any atom is -0.0823 e. The van der Waals surface area contributed by atoms with Gasteiger partial charge in [0.25, 0.3) is 0 Å². The summed E-state index contributed by atoms with van der Waals surface area (Å²) in [5, 5.41) is 0. The summed E-state index contributed by atoms with van der Waals surface area (Å²) in [6, 6.07) is 0. The van der Waals surface area contributed by atoms with Crippen LogP contribution in [0.1, 0.15) is 47.5 Å². The van der Waals surface area contributed by atoms with Crippen molar-refractivity contribution in [1.29, 1.82) is 0 Å². The standard InChI is InChI=1S/C12H22/c1-10-6-7-11(2,3)8-9-12(10,4)5/h8-10H,6-7H2,1-5H3. The zero-order valence-electron chi connectivity index (χ0n) is 9.15. The van der Waals surface area contributed by atoms with Gasteiger partial charge in [0.2, 0.25) is 0 Å². The van der Waals surface area contributed by atoms with Crippen molar-refractivity contribution in [2.24, 2.45) is 16.7 Å². The van der Waals surface area contributed by atoms with E-state index in [0.717, 1.165) is 5.92 Å². The Morgan fingerprint density at radius 1 is 1.08 bits per heavy atom. The Bertz CT molecular complexity index is 184. The minimum atomic E-state index is 0.397. The van der Waals surface area contributed by atoms with Gasteiger partial charge in [-0.05, 0) is 29.6 Å². The van der Waals surface area contributed by atoms with E-state index in [1.54, 1.807) is 0 Å². The first-order chi connectivity index (χ1) is 5.33. The highest BCUT2D eigenvalue weighted by atomic mass is 14.3. The Morgan fingerprint density at radius 3 is 2.25 bits per heavy atom. The van der Waals surface area contributed by atoms with E-state index < -0.39 is 0 Å². The van der Waals surface area contributed by atoms with Crippen LogP contribution < -0.4 is 0 Å². The molecule has 0 aromatic rings. The second kappa shape index (κ2) is 2.90. The lowest BCUT2D eigenvalue weighted by Gasteiger charge is -2.26. The zero-order chi connectivity index (χ0) is 9.41.